The summed E-state index contributed by atoms with van der Waals surface area (Å²) in [5.74, 6) is -0.0242. The molecule has 2 N–H and O–H groups in total. The molecule has 2 saturated heterocycles. The average Bonchev–Trinajstić information content (AvgIpc) is 2.77. The number of β-lactam (4-membered cyclic amide) rings is 1. The molecule has 0 saturated carbocycles. The predicted octanol–water partition coefficient (Wildman–Crippen LogP) is 5.34. The van der Waals surface area contributed by atoms with Gasteiger partial charge in [0, 0.05) is 6.54 Å². The Balaban J connectivity index is 1.57. The highest BCUT2D eigenvalue weighted by molar-refractivity contribution is 5.85. The Labute approximate surface area is 192 Å². The first-order valence-electron chi connectivity index (χ1n) is 10.8. The van der Waals surface area contributed by atoms with Gasteiger partial charge in [-0.15, -0.1) is 0 Å². The highest BCUT2D eigenvalue weighted by Crippen LogP contribution is 2.41. The number of carbonyl (C=O) groups excluding carboxylic acids is 1. The van der Waals surface area contributed by atoms with Gasteiger partial charge in [-0.1, -0.05) is 30.3 Å². The zero-order valence-electron chi connectivity index (χ0n) is 18.3. The number of benzene rings is 2. The molecule has 0 bridgehead atoms. The maximum Gasteiger partial charge on any atom is 0.416 e. The summed E-state index contributed by atoms with van der Waals surface area (Å²) in [5.41, 5.74) is -3.08. The molecule has 0 aromatic heterocycles. The molecule has 2 aliphatic rings. The quantitative estimate of drug-likeness (QED) is 0.443. The summed E-state index contributed by atoms with van der Waals surface area (Å²) < 4.78 is 85.4. The first kappa shape index (κ1) is 24.5. The standard InChI is InChI=1S/C24H24F6N2O2/c1-15(16-9-18(23(25,26)27)11-19(10-16)24(28,29)30)34-14-22(17-5-3-2-4-6-17)8-7-21(13-31-22)12-20(33)32-21/h2-6,9-11,15,31H,7-8,12-14H2,1H3,(H,32,33)/t15?,21?,22-/m1/s1. The van der Waals surface area contributed by atoms with Crippen molar-refractivity contribution in [2.45, 2.75) is 55.7 Å². The number of ether oxygens (including phenoxy) is 1. The molecule has 2 unspecified atom stereocenters. The molecule has 184 valence electrons. The van der Waals surface area contributed by atoms with Gasteiger partial charge < -0.3 is 15.4 Å². The van der Waals surface area contributed by atoms with Gasteiger partial charge in [-0.25, -0.2) is 0 Å². The zero-order chi connectivity index (χ0) is 24.8. The van der Waals surface area contributed by atoms with Crippen LogP contribution in [0.15, 0.2) is 48.5 Å². The SMILES string of the molecule is CC(OC[C@@]1(c2ccccc2)CCC2(CN1)CC(=O)N2)c1cc(C(F)(F)F)cc(C(F)(F)F)c1. The molecule has 1 amide bonds. The van der Waals surface area contributed by atoms with Crippen LogP contribution in [0.5, 0.6) is 0 Å². The molecule has 0 aliphatic carbocycles. The summed E-state index contributed by atoms with van der Waals surface area (Å²) in [7, 11) is 0. The van der Waals surface area contributed by atoms with Gasteiger partial charge in [-0.3, -0.25) is 4.79 Å². The second-order valence-corrected chi connectivity index (χ2v) is 9.10. The van der Waals surface area contributed by atoms with Gasteiger partial charge in [0.15, 0.2) is 0 Å². The molecule has 4 nitrogen and oxygen atoms in total. The molecule has 4 rings (SSSR count). The van der Waals surface area contributed by atoms with Crippen molar-refractivity contribution in [3.63, 3.8) is 0 Å². The van der Waals surface area contributed by atoms with Gasteiger partial charge in [0.25, 0.3) is 0 Å². The fourth-order valence-corrected chi connectivity index (χ4v) is 4.60. The molecule has 2 heterocycles. The number of hydrogen-bond acceptors (Lipinski definition) is 3. The minimum absolute atomic E-state index is 0.0242. The van der Waals surface area contributed by atoms with E-state index in [-0.39, 0.29) is 29.7 Å². The fourth-order valence-electron chi connectivity index (χ4n) is 4.60. The van der Waals surface area contributed by atoms with Crippen LogP contribution in [0.4, 0.5) is 26.3 Å². The van der Waals surface area contributed by atoms with Gasteiger partial charge in [-0.05, 0) is 49.1 Å². The van der Waals surface area contributed by atoms with Crippen LogP contribution in [0.3, 0.4) is 0 Å². The molecule has 1 spiro atoms. The second kappa shape index (κ2) is 8.57. The van der Waals surface area contributed by atoms with Gasteiger partial charge >= 0.3 is 12.4 Å². The Morgan fingerprint density at radius 2 is 1.56 bits per heavy atom. The van der Waals surface area contributed by atoms with E-state index in [0.29, 0.717) is 37.9 Å². The molecule has 2 aromatic rings. The summed E-state index contributed by atoms with van der Waals surface area (Å²) in [6.07, 6.45) is -9.22. The molecule has 10 heteroatoms. The first-order chi connectivity index (χ1) is 15.8. The normalized spacial score (nSPS) is 26.1. The Kier molecular flexibility index (Phi) is 6.18. The number of rotatable bonds is 5. The van der Waals surface area contributed by atoms with Crippen molar-refractivity contribution in [1.29, 1.82) is 0 Å². The molecule has 0 radical (unpaired) electrons. The Hall–Kier alpha value is -2.59. The molecule has 3 atom stereocenters. The summed E-state index contributed by atoms with van der Waals surface area (Å²) >= 11 is 0. The van der Waals surface area contributed by atoms with Crippen LogP contribution in [-0.4, -0.2) is 24.6 Å². The van der Waals surface area contributed by atoms with Crippen LogP contribution < -0.4 is 10.6 Å². The maximum atomic E-state index is 13.2. The lowest BCUT2D eigenvalue weighted by Gasteiger charge is -2.51. The number of alkyl halides is 6. The van der Waals surface area contributed by atoms with E-state index in [2.05, 4.69) is 10.6 Å². The molecule has 2 aliphatic heterocycles. The molecule has 2 fully saturated rings. The van der Waals surface area contributed by atoms with Gasteiger partial charge in [-0.2, -0.15) is 26.3 Å². The van der Waals surface area contributed by atoms with E-state index in [1.807, 2.05) is 30.3 Å². The highest BCUT2D eigenvalue weighted by atomic mass is 19.4. The maximum absolute atomic E-state index is 13.2. The Bertz CT molecular complexity index is 1000. The third kappa shape index (κ3) is 4.93. The number of hydrogen-bond donors (Lipinski definition) is 2. The summed E-state index contributed by atoms with van der Waals surface area (Å²) in [6.45, 7) is 1.94. The first-order valence-corrected chi connectivity index (χ1v) is 10.8. The molecule has 34 heavy (non-hydrogen) atoms. The van der Waals surface area contributed by atoms with Crippen LogP contribution in [0.2, 0.25) is 0 Å². The van der Waals surface area contributed by atoms with E-state index in [4.69, 9.17) is 4.74 Å². The van der Waals surface area contributed by atoms with E-state index in [1.165, 1.54) is 6.92 Å². The lowest BCUT2D eigenvalue weighted by atomic mass is 9.72. The van der Waals surface area contributed by atoms with Crippen LogP contribution in [-0.2, 0) is 27.4 Å². The largest absolute Gasteiger partial charge is 0.416 e. The number of amides is 1. The van der Waals surface area contributed by atoms with Crippen LogP contribution in [0.1, 0.15) is 54.5 Å². The summed E-state index contributed by atoms with van der Waals surface area (Å²) in [6, 6.07) is 10.8. The topological polar surface area (TPSA) is 50.4 Å². The molecular weight excluding hydrogens is 462 g/mol. The van der Waals surface area contributed by atoms with Crippen molar-refractivity contribution in [2.24, 2.45) is 0 Å². The van der Waals surface area contributed by atoms with Gasteiger partial charge in [0.2, 0.25) is 5.91 Å². The molecular formula is C24H24F6N2O2. The third-order valence-electron chi connectivity index (χ3n) is 6.68. The van der Waals surface area contributed by atoms with Crippen LogP contribution >= 0.6 is 0 Å². The number of nitrogens with one attached hydrogen (secondary N) is 2. The van der Waals surface area contributed by atoms with Crippen molar-refractivity contribution >= 4 is 5.91 Å². The predicted molar refractivity (Wildman–Crippen MR) is 112 cm³/mol. The lowest BCUT2D eigenvalue weighted by molar-refractivity contribution is -0.143. The van der Waals surface area contributed by atoms with Gasteiger partial charge in [0.1, 0.15) is 0 Å². The van der Waals surface area contributed by atoms with Crippen molar-refractivity contribution < 1.29 is 35.9 Å². The monoisotopic (exact) mass is 486 g/mol. The average molecular weight is 486 g/mol. The number of carbonyl (C=O) groups is 1. The van der Waals surface area contributed by atoms with Crippen molar-refractivity contribution in [3.05, 3.63) is 70.8 Å². The Morgan fingerprint density at radius 3 is 2.03 bits per heavy atom. The zero-order valence-corrected chi connectivity index (χ0v) is 18.3. The number of piperidine rings is 1. The van der Waals surface area contributed by atoms with Gasteiger partial charge in [0.05, 0.1) is 41.3 Å². The minimum Gasteiger partial charge on any atom is -0.372 e. The van der Waals surface area contributed by atoms with Crippen LogP contribution in [0.25, 0.3) is 0 Å². The van der Waals surface area contributed by atoms with Crippen LogP contribution in [0, 0.1) is 0 Å². The van der Waals surface area contributed by atoms with E-state index in [9.17, 15) is 31.1 Å². The lowest BCUT2D eigenvalue weighted by Crippen LogP contribution is -2.71. The summed E-state index contributed by atoms with van der Waals surface area (Å²) in [4.78, 5) is 11.4. The van der Waals surface area contributed by atoms with E-state index in [1.54, 1.807) is 0 Å². The minimum atomic E-state index is -4.92. The molecule has 2 aromatic carbocycles. The third-order valence-corrected chi connectivity index (χ3v) is 6.68. The van der Waals surface area contributed by atoms with Crippen molar-refractivity contribution in [3.8, 4) is 0 Å². The van der Waals surface area contributed by atoms with E-state index >= 15 is 0 Å². The Morgan fingerprint density at radius 1 is 0.971 bits per heavy atom. The van der Waals surface area contributed by atoms with E-state index in [0.717, 1.165) is 5.56 Å². The van der Waals surface area contributed by atoms with E-state index < -0.39 is 35.1 Å². The summed E-state index contributed by atoms with van der Waals surface area (Å²) in [5, 5.41) is 6.36. The second-order valence-electron chi connectivity index (χ2n) is 9.10. The fraction of sp³-hybridized carbons (Fsp3) is 0.458. The smallest absolute Gasteiger partial charge is 0.372 e. The van der Waals surface area contributed by atoms with Crippen molar-refractivity contribution in [1.82, 2.24) is 10.6 Å². The van der Waals surface area contributed by atoms with Crippen molar-refractivity contribution in [2.75, 3.05) is 13.2 Å². The highest BCUT2D eigenvalue weighted by Gasteiger charge is 2.50. The number of halogens is 6.